The van der Waals surface area contributed by atoms with Gasteiger partial charge in [0, 0.05) is 0 Å². The van der Waals surface area contributed by atoms with Gasteiger partial charge < -0.3 is 5.11 Å². The van der Waals surface area contributed by atoms with Crippen molar-refractivity contribution in [1.29, 1.82) is 0 Å². The molecule has 17 heavy (non-hydrogen) atoms. The zero-order chi connectivity index (χ0) is 13.3. The van der Waals surface area contributed by atoms with Crippen molar-refractivity contribution in [2.45, 2.75) is 41.0 Å². The lowest BCUT2D eigenvalue weighted by molar-refractivity contribution is 0.339. The first kappa shape index (κ1) is 15.9. The molecule has 1 N–H and O–H groups in total. The smallest absolute Gasteiger partial charge is 0.0618 e. The first-order chi connectivity index (χ1) is 7.91. The van der Waals surface area contributed by atoms with E-state index in [1.165, 1.54) is 5.57 Å². The van der Waals surface area contributed by atoms with E-state index in [9.17, 15) is 0 Å². The monoisotopic (exact) mass is 234 g/mol. The van der Waals surface area contributed by atoms with Gasteiger partial charge in [-0.05, 0) is 24.3 Å². The van der Waals surface area contributed by atoms with Gasteiger partial charge >= 0.3 is 0 Å². The third-order valence-corrected chi connectivity index (χ3v) is 2.43. The third kappa shape index (κ3) is 7.76. The van der Waals surface area contributed by atoms with Crippen molar-refractivity contribution in [3.8, 4) is 0 Å². The van der Waals surface area contributed by atoms with Crippen molar-refractivity contribution in [3.05, 3.63) is 47.6 Å². The van der Waals surface area contributed by atoms with Gasteiger partial charge in [0.05, 0.1) is 6.61 Å². The van der Waals surface area contributed by atoms with Crippen LogP contribution in [0.15, 0.2) is 47.6 Å². The second-order valence-corrected chi connectivity index (χ2v) is 5.17. The number of hydrogen-bond acceptors (Lipinski definition) is 1. The predicted molar refractivity (Wildman–Crippen MR) is 77.0 cm³/mol. The Balaban J connectivity index is 4.69. The van der Waals surface area contributed by atoms with Crippen LogP contribution < -0.4 is 0 Å². The van der Waals surface area contributed by atoms with Crippen LogP contribution in [0.1, 0.15) is 41.0 Å². The molecule has 0 saturated carbocycles. The fraction of sp³-hybridized carbons (Fsp3) is 0.500. The van der Waals surface area contributed by atoms with Gasteiger partial charge in [-0.25, -0.2) is 0 Å². The molecule has 0 fully saturated rings. The maximum atomic E-state index is 8.99. The number of rotatable bonds is 5. The summed E-state index contributed by atoms with van der Waals surface area (Å²) in [5.74, 6) is 0. The lowest BCUT2D eigenvalue weighted by Crippen LogP contribution is -2.08. The van der Waals surface area contributed by atoms with E-state index in [1.807, 2.05) is 12.2 Å². The van der Waals surface area contributed by atoms with E-state index in [0.717, 1.165) is 12.0 Å². The second kappa shape index (κ2) is 8.08. The molecule has 0 unspecified atom stereocenters. The van der Waals surface area contributed by atoms with E-state index in [-0.39, 0.29) is 12.0 Å². The zero-order valence-electron chi connectivity index (χ0n) is 11.8. The zero-order valence-corrected chi connectivity index (χ0v) is 11.8. The summed E-state index contributed by atoms with van der Waals surface area (Å²) in [4.78, 5) is 0. The molecule has 0 aromatic heterocycles. The second-order valence-electron chi connectivity index (χ2n) is 5.17. The molecule has 0 amide bonds. The molecule has 1 heteroatoms. The number of hydrogen-bond donors (Lipinski definition) is 1. The Labute approximate surface area is 106 Å². The van der Waals surface area contributed by atoms with Gasteiger partial charge in [-0.1, -0.05) is 69.7 Å². The van der Waals surface area contributed by atoms with E-state index in [4.69, 9.17) is 5.11 Å². The molecule has 1 nitrogen and oxygen atoms in total. The van der Waals surface area contributed by atoms with Crippen molar-refractivity contribution in [2.24, 2.45) is 5.41 Å². The predicted octanol–water partition coefficient (Wildman–Crippen LogP) is 4.42. The highest BCUT2D eigenvalue weighted by molar-refractivity contribution is 5.30. The van der Waals surface area contributed by atoms with Crippen LogP contribution in [-0.4, -0.2) is 11.7 Å². The van der Waals surface area contributed by atoms with Crippen LogP contribution in [0.2, 0.25) is 0 Å². The Hall–Kier alpha value is -1.08. The molecule has 0 aromatic carbocycles. The van der Waals surface area contributed by atoms with Crippen LogP contribution in [0.4, 0.5) is 0 Å². The minimum atomic E-state index is 0.0697. The van der Waals surface area contributed by atoms with Crippen molar-refractivity contribution in [3.63, 3.8) is 0 Å². The lowest BCUT2D eigenvalue weighted by Gasteiger charge is -2.20. The molecule has 0 bridgehead atoms. The maximum Gasteiger partial charge on any atom is 0.0618 e. The summed E-state index contributed by atoms with van der Waals surface area (Å²) in [6, 6.07) is 0. The minimum Gasteiger partial charge on any atom is -0.392 e. The molecule has 0 rings (SSSR count). The van der Waals surface area contributed by atoms with Crippen LogP contribution in [0.5, 0.6) is 0 Å². The Morgan fingerprint density at radius 3 is 2.29 bits per heavy atom. The molecule has 0 aliphatic rings. The van der Waals surface area contributed by atoms with Crippen LogP contribution in [0, 0.1) is 5.41 Å². The fourth-order valence-electron chi connectivity index (χ4n) is 1.39. The largest absolute Gasteiger partial charge is 0.392 e. The van der Waals surface area contributed by atoms with E-state index < -0.39 is 0 Å². The standard InChI is InChI=1S/C16H26O/c1-6-7-9-14(2)10-8-11-15(12-13-17)16(3,4)5/h7-12,17H,6,13H2,1-5H3/b9-7+,11-8+,14-10+,15-12-. The number of aliphatic hydroxyl groups excluding tert-OH is 1. The normalized spacial score (nSPS) is 15.2. The van der Waals surface area contributed by atoms with E-state index in [0.29, 0.717) is 0 Å². The molecule has 0 aliphatic carbocycles. The summed E-state index contributed by atoms with van der Waals surface area (Å²) in [5.41, 5.74) is 2.46. The van der Waals surface area contributed by atoms with Gasteiger partial charge in [0.1, 0.15) is 0 Å². The number of aliphatic hydroxyl groups is 1. The molecular formula is C16H26O. The van der Waals surface area contributed by atoms with Gasteiger partial charge in [0.15, 0.2) is 0 Å². The summed E-state index contributed by atoms with van der Waals surface area (Å²) >= 11 is 0. The van der Waals surface area contributed by atoms with Gasteiger partial charge in [-0.3, -0.25) is 0 Å². The van der Waals surface area contributed by atoms with Crippen molar-refractivity contribution >= 4 is 0 Å². The van der Waals surface area contributed by atoms with E-state index in [1.54, 1.807) is 0 Å². The quantitative estimate of drug-likeness (QED) is 0.698. The molecule has 0 radical (unpaired) electrons. The van der Waals surface area contributed by atoms with Crippen LogP contribution in [0.25, 0.3) is 0 Å². The van der Waals surface area contributed by atoms with Crippen LogP contribution in [-0.2, 0) is 0 Å². The van der Waals surface area contributed by atoms with Crippen LogP contribution in [0.3, 0.4) is 0 Å². The molecule has 0 atom stereocenters. The first-order valence-corrected chi connectivity index (χ1v) is 6.24. The summed E-state index contributed by atoms with van der Waals surface area (Å²) < 4.78 is 0. The molecule has 0 aromatic rings. The van der Waals surface area contributed by atoms with Gasteiger partial charge in [-0.2, -0.15) is 0 Å². The third-order valence-electron chi connectivity index (χ3n) is 2.43. The molecule has 0 saturated heterocycles. The Morgan fingerprint density at radius 2 is 1.82 bits per heavy atom. The van der Waals surface area contributed by atoms with Crippen molar-refractivity contribution in [1.82, 2.24) is 0 Å². The molecule has 0 aliphatic heterocycles. The summed E-state index contributed by atoms with van der Waals surface area (Å²) in [6.07, 6.45) is 13.4. The van der Waals surface area contributed by atoms with Crippen molar-refractivity contribution < 1.29 is 5.11 Å². The van der Waals surface area contributed by atoms with Gasteiger partial charge in [0.2, 0.25) is 0 Å². The Kier molecular flexibility index (Phi) is 7.56. The highest BCUT2D eigenvalue weighted by Gasteiger charge is 2.13. The van der Waals surface area contributed by atoms with Gasteiger partial charge in [0.25, 0.3) is 0 Å². The topological polar surface area (TPSA) is 20.2 Å². The molecule has 96 valence electrons. The number of allylic oxidation sites excluding steroid dienone is 7. The molecule has 0 spiro atoms. The summed E-state index contributed by atoms with van der Waals surface area (Å²) in [6.45, 7) is 10.7. The highest BCUT2D eigenvalue weighted by Crippen LogP contribution is 2.25. The van der Waals surface area contributed by atoms with E-state index in [2.05, 4.69) is 58.9 Å². The summed E-state index contributed by atoms with van der Waals surface area (Å²) in [5, 5.41) is 8.99. The molecule has 0 heterocycles. The Bertz CT molecular complexity index is 322. The lowest BCUT2D eigenvalue weighted by atomic mass is 9.86. The van der Waals surface area contributed by atoms with Crippen molar-refractivity contribution in [2.75, 3.05) is 6.61 Å². The maximum absolute atomic E-state index is 8.99. The van der Waals surface area contributed by atoms with Gasteiger partial charge in [-0.15, -0.1) is 0 Å². The minimum absolute atomic E-state index is 0.0697. The SMILES string of the molecule is CC/C=C/C(C)=C/C=C/C(=C/CO)C(C)(C)C. The highest BCUT2D eigenvalue weighted by atomic mass is 16.2. The Morgan fingerprint density at radius 1 is 1.18 bits per heavy atom. The average Bonchev–Trinajstić information content (AvgIpc) is 2.23. The van der Waals surface area contributed by atoms with E-state index >= 15 is 0 Å². The average molecular weight is 234 g/mol. The summed E-state index contributed by atoms with van der Waals surface area (Å²) in [7, 11) is 0. The first-order valence-electron chi connectivity index (χ1n) is 6.24. The molecular weight excluding hydrogens is 208 g/mol. The van der Waals surface area contributed by atoms with Crippen LogP contribution >= 0.6 is 0 Å². The fourth-order valence-corrected chi connectivity index (χ4v) is 1.39.